The third-order valence-electron chi connectivity index (χ3n) is 7.64. The summed E-state index contributed by atoms with van der Waals surface area (Å²) in [4.78, 5) is 20.5. The molecule has 1 atom stereocenters. The van der Waals surface area contributed by atoms with Gasteiger partial charge in [-0.1, -0.05) is 29.5 Å². The summed E-state index contributed by atoms with van der Waals surface area (Å²) in [5, 5.41) is 0.622. The van der Waals surface area contributed by atoms with Gasteiger partial charge < -0.3 is 4.74 Å². The van der Waals surface area contributed by atoms with Gasteiger partial charge in [-0.05, 0) is 98.7 Å². The Morgan fingerprint density at radius 2 is 1.85 bits per heavy atom. The first-order chi connectivity index (χ1) is 18.8. The number of carbonyl (C=O) groups is 1. The van der Waals surface area contributed by atoms with Gasteiger partial charge in [-0.3, -0.25) is 14.0 Å². The summed E-state index contributed by atoms with van der Waals surface area (Å²) in [6, 6.07) is 18.1. The van der Waals surface area contributed by atoms with Crippen molar-refractivity contribution in [2.24, 2.45) is 0 Å². The highest BCUT2D eigenvalue weighted by Crippen LogP contribution is 2.34. The van der Waals surface area contributed by atoms with Crippen LogP contribution in [0.2, 0.25) is 0 Å². The van der Waals surface area contributed by atoms with E-state index in [1.165, 1.54) is 33.3 Å². The molecule has 7 nitrogen and oxygen atoms in total. The van der Waals surface area contributed by atoms with Crippen molar-refractivity contribution in [3.05, 3.63) is 82.9 Å². The number of hydrogen-bond acceptors (Lipinski definition) is 6. The number of aromatic nitrogens is 1. The first-order valence-electron chi connectivity index (χ1n) is 13.3. The average molecular weight is 562 g/mol. The Labute approximate surface area is 233 Å². The number of carbonyl (C=O) groups excluding carboxylic acids is 1. The van der Waals surface area contributed by atoms with Gasteiger partial charge in [0.25, 0.3) is 15.9 Å². The molecule has 2 aliphatic rings. The summed E-state index contributed by atoms with van der Waals surface area (Å²) < 4.78 is 35.5. The lowest BCUT2D eigenvalue weighted by Crippen LogP contribution is -2.37. The third kappa shape index (κ3) is 4.95. The van der Waals surface area contributed by atoms with Crippen molar-refractivity contribution in [2.45, 2.75) is 50.5 Å². The molecule has 3 aromatic carbocycles. The Hall–Kier alpha value is -3.27. The molecule has 2 aliphatic heterocycles. The van der Waals surface area contributed by atoms with Crippen LogP contribution in [0.5, 0.6) is 0 Å². The van der Waals surface area contributed by atoms with Crippen molar-refractivity contribution < 1.29 is 17.9 Å². The highest BCUT2D eigenvalue weighted by molar-refractivity contribution is 7.92. The van der Waals surface area contributed by atoms with E-state index in [9.17, 15) is 13.2 Å². The van der Waals surface area contributed by atoms with Crippen molar-refractivity contribution in [1.82, 2.24) is 4.98 Å². The number of aryl methyl sites for hydroxylation is 3. The number of sulfonamides is 1. The van der Waals surface area contributed by atoms with Crippen LogP contribution in [-0.2, 0) is 21.2 Å². The zero-order chi connectivity index (χ0) is 27.1. The van der Waals surface area contributed by atoms with E-state index in [1.807, 2.05) is 24.3 Å². The molecule has 0 spiro atoms. The van der Waals surface area contributed by atoms with Gasteiger partial charge in [-0.15, -0.1) is 0 Å². The highest BCUT2D eigenvalue weighted by atomic mass is 32.2. The molecule has 1 aromatic heterocycles. The van der Waals surface area contributed by atoms with Crippen molar-refractivity contribution >= 4 is 48.3 Å². The SMILES string of the molecule is Cc1cc2nc(N(CC3CCCO3)C(=O)c3ccc(S(=O)(=O)N4CCCc5ccccc54)cc3)sc2cc1C. The van der Waals surface area contributed by atoms with Crippen molar-refractivity contribution in [2.75, 3.05) is 28.9 Å². The highest BCUT2D eigenvalue weighted by Gasteiger charge is 2.30. The second-order valence-corrected chi connectivity index (χ2v) is 13.2. The normalized spacial score (nSPS) is 17.4. The van der Waals surface area contributed by atoms with Crippen LogP contribution in [0.25, 0.3) is 10.2 Å². The molecule has 1 fully saturated rings. The Morgan fingerprint density at radius 3 is 2.62 bits per heavy atom. The lowest BCUT2D eigenvalue weighted by Gasteiger charge is -2.30. The predicted molar refractivity (Wildman–Crippen MR) is 155 cm³/mol. The molecule has 39 heavy (non-hydrogen) atoms. The maximum absolute atomic E-state index is 13.8. The van der Waals surface area contributed by atoms with Gasteiger partial charge in [0.05, 0.1) is 33.4 Å². The van der Waals surface area contributed by atoms with Crippen molar-refractivity contribution in [3.63, 3.8) is 0 Å². The fraction of sp³-hybridized carbons (Fsp3) is 0.333. The molecule has 1 unspecified atom stereocenters. The lowest BCUT2D eigenvalue weighted by molar-refractivity contribution is 0.0917. The standard InChI is InChI=1S/C30H31N3O4S2/c1-20-17-26-28(18-21(20)2)38-30(31-26)32(19-24-9-6-16-37-24)29(34)23-11-13-25(14-12-23)39(35,36)33-15-5-8-22-7-3-4-10-27(22)33/h3-4,7,10-14,17-18,24H,5-6,8-9,15-16,19H2,1-2H3. The topological polar surface area (TPSA) is 79.8 Å². The van der Waals surface area contributed by atoms with Crippen LogP contribution < -0.4 is 9.21 Å². The number of anilines is 2. The van der Waals surface area contributed by atoms with Gasteiger partial charge in [0, 0.05) is 18.7 Å². The minimum absolute atomic E-state index is 0.0525. The van der Waals surface area contributed by atoms with E-state index in [1.54, 1.807) is 17.0 Å². The molecular weight excluding hydrogens is 530 g/mol. The Balaban J connectivity index is 1.31. The minimum atomic E-state index is -3.76. The second kappa shape index (κ2) is 10.4. The van der Waals surface area contributed by atoms with Crippen molar-refractivity contribution in [1.29, 1.82) is 0 Å². The van der Waals surface area contributed by atoms with Crippen LogP contribution in [-0.4, -0.2) is 45.1 Å². The molecule has 9 heteroatoms. The molecule has 0 aliphatic carbocycles. The number of amides is 1. The molecular formula is C30H31N3O4S2. The summed E-state index contributed by atoms with van der Waals surface area (Å²) >= 11 is 1.49. The number of para-hydroxylation sites is 1. The van der Waals surface area contributed by atoms with E-state index in [4.69, 9.17) is 9.72 Å². The maximum Gasteiger partial charge on any atom is 0.264 e. The Kier molecular flexibility index (Phi) is 6.91. The van der Waals surface area contributed by atoms with Crippen LogP contribution in [0.1, 0.15) is 46.3 Å². The van der Waals surface area contributed by atoms with Gasteiger partial charge in [0.2, 0.25) is 0 Å². The molecule has 0 radical (unpaired) electrons. The molecule has 3 heterocycles. The van der Waals surface area contributed by atoms with Gasteiger partial charge in [0.1, 0.15) is 0 Å². The molecule has 1 amide bonds. The molecule has 6 rings (SSSR count). The first-order valence-corrected chi connectivity index (χ1v) is 15.6. The second-order valence-electron chi connectivity index (χ2n) is 10.3. The van der Waals surface area contributed by atoms with Gasteiger partial charge in [-0.2, -0.15) is 0 Å². The number of nitrogens with zero attached hydrogens (tertiary/aromatic N) is 3. The summed E-state index contributed by atoms with van der Waals surface area (Å²) in [5.74, 6) is -0.217. The lowest BCUT2D eigenvalue weighted by atomic mass is 10.0. The summed E-state index contributed by atoms with van der Waals surface area (Å²) in [6.45, 7) is 5.66. The quantitative estimate of drug-likeness (QED) is 0.294. The van der Waals surface area contributed by atoms with E-state index in [0.29, 0.717) is 30.4 Å². The summed E-state index contributed by atoms with van der Waals surface area (Å²) in [7, 11) is -3.76. The number of fused-ring (bicyclic) bond motifs is 2. The Morgan fingerprint density at radius 1 is 1.08 bits per heavy atom. The molecule has 4 aromatic rings. The van der Waals surface area contributed by atoms with E-state index < -0.39 is 10.0 Å². The maximum atomic E-state index is 13.8. The van der Waals surface area contributed by atoms with Crippen LogP contribution in [0, 0.1) is 13.8 Å². The molecule has 1 saturated heterocycles. The minimum Gasteiger partial charge on any atom is -0.376 e. The molecule has 0 N–H and O–H groups in total. The largest absolute Gasteiger partial charge is 0.376 e. The fourth-order valence-electron chi connectivity index (χ4n) is 5.32. The predicted octanol–water partition coefficient (Wildman–Crippen LogP) is 5.88. The van der Waals surface area contributed by atoms with E-state index in [2.05, 4.69) is 26.0 Å². The van der Waals surface area contributed by atoms with Crippen LogP contribution >= 0.6 is 11.3 Å². The summed E-state index contributed by atoms with van der Waals surface area (Å²) in [6.07, 6.45) is 3.44. The summed E-state index contributed by atoms with van der Waals surface area (Å²) in [5.41, 5.74) is 5.38. The molecule has 202 valence electrons. The molecule has 0 bridgehead atoms. The smallest absolute Gasteiger partial charge is 0.264 e. The number of rotatable bonds is 6. The van der Waals surface area contributed by atoms with Gasteiger partial charge in [0.15, 0.2) is 5.13 Å². The van der Waals surface area contributed by atoms with Crippen LogP contribution in [0.3, 0.4) is 0 Å². The number of benzene rings is 3. The van der Waals surface area contributed by atoms with Crippen LogP contribution in [0.4, 0.5) is 10.8 Å². The van der Waals surface area contributed by atoms with Gasteiger partial charge >= 0.3 is 0 Å². The van der Waals surface area contributed by atoms with E-state index >= 15 is 0 Å². The zero-order valence-corrected chi connectivity index (χ0v) is 23.7. The number of thiazole rings is 1. The van der Waals surface area contributed by atoms with E-state index in [0.717, 1.165) is 52.7 Å². The molecule has 0 saturated carbocycles. The third-order valence-corrected chi connectivity index (χ3v) is 10.5. The monoisotopic (exact) mass is 561 g/mol. The first kappa shape index (κ1) is 26.0. The number of hydrogen-bond donors (Lipinski definition) is 0. The zero-order valence-electron chi connectivity index (χ0n) is 22.1. The van der Waals surface area contributed by atoms with Gasteiger partial charge in [-0.25, -0.2) is 13.4 Å². The van der Waals surface area contributed by atoms with Crippen LogP contribution in [0.15, 0.2) is 65.6 Å². The van der Waals surface area contributed by atoms with Crippen molar-refractivity contribution in [3.8, 4) is 0 Å². The van der Waals surface area contributed by atoms with E-state index in [-0.39, 0.29) is 16.9 Å². The number of ether oxygens (including phenoxy) is 1. The fourth-order valence-corrected chi connectivity index (χ4v) is 7.92. The Bertz CT molecular complexity index is 1600. The average Bonchev–Trinajstić information content (AvgIpc) is 3.61.